The highest BCUT2D eigenvalue weighted by atomic mass is 16.3. The van der Waals surface area contributed by atoms with Crippen molar-refractivity contribution in [3.63, 3.8) is 0 Å². The zero-order valence-electron chi connectivity index (χ0n) is 12.4. The van der Waals surface area contributed by atoms with E-state index in [2.05, 4.69) is 35.3 Å². The molecular formula is C20H19NO. The van der Waals surface area contributed by atoms with Gasteiger partial charge in [-0.15, -0.1) is 0 Å². The van der Waals surface area contributed by atoms with E-state index < -0.39 is 0 Å². The van der Waals surface area contributed by atoms with E-state index in [4.69, 9.17) is 0 Å². The van der Waals surface area contributed by atoms with Crippen LogP contribution in [0.5, 0.6) is 5.75 Å². The third-order valence-corrected chi connectivity index (χ3v) is 3.89. The molecule has 1 N–H and O–H groups in total. The normalized spacial score (nSPS) is 12.0. The number of phenolic OH excluding ortho intramolecular Hbond substituents is 1. The largest absolute Gasteiger partial charge is 0.508 e. The van der Waals surface area contributed by atoms with Crippen LogP contribution in [-0.4, -0.2) is 10.1 Å². The van der Waals surface area contributed by atoms with Gasteiger partial charge in [-0.05, 0) is 53.6 Å². The topological polar surface area (TPSA) is 33.1 Å². The lowest BCUT2D eigenvalue weighted by molar-refractivity contribution is 0.475. The quantitative estimate of drug-likeness (QED) is 0.757. The van der Waals surface area contributed by atoms with E-state index in [1.807, 2.05) is 30.5 Å². The molecule has 2 aromatic carbocycles. The molecule has 2 heteroatoms. The Morgan fingerprint density at radius 3 is 2.18 bits per heavy atom. The van der Waals surface area contributed by atoms with Gasteiger partial charge in [0.05, 0.1) is 0 Å². The van der Waals surface area contributed by atoms with Crippen LogP contribution in [-0.2, 0) is 12.8 Å². The Labute approximate surface area is 131 Å². The second kappa shape index (κ2) is 6.90. The smallest absolute Gasteiger partial charge is 0.115 e. The van der Waals surface area contributed by atoms with Crippen LogP contribution >= 0.6 is 0 Å². The van der Waals surface area contributed by atoms with Crippen molar-refractivity contribution >= 4 is 0 Å². The van der Waals surface area contributed by atoms with Gasteiger partial charge in [-0.1, -0.05) is 48.5 Å². The summed E-state index contributed by atoms with van der Waals surface area (Å²) in [6.45, 7) is 0. The molecule has 0 saturated heterocycles. The summed E-state index contributed by atoms with van der Waals surface area (Å²) in [7, 11) is 0. The van der Waals surface area contributed by atoms with Crippen molar-refractivity contribution in [3.05, 3.63) is 95.8 Å². The molecule has 0 aliphatic carbocycles. The molecule has 1 aromatic heterocycles. The molecule has 2 nitrogen and oxygen atoms in total. The summed E-state index contributed by atoms with van der Waals surface area (Å²) in [5.41, 5.74) is 3.81. The average Bonchev–Trinajstić information content (AvgIpc) is 2.58. The Hall–Kier alpha value is -2.61. The molecule has 3 rings (SSSR count). The predicted molar refractivity (Wildman–Crippen MR) is 88.9 cm³/mol. The zero-order chi connectivity index (χ0) is 15.2. The molecule has 1 heterocycles. The van der Waals surface area contributed by atoms with Crippen LogP contribution in [0.3, 0.4) is 0 Å². The van der Waals surface area contributed by atoms with E-state index in [0.29, 0.717) is 11.7 Å². The van der Waals surface area contributed by atoms with Gasteiger partial charge in [0.15, 0.2) is 0 Å². The zero-order valence-corrected chi connectivity index (χ0v) is 12.4. The van der Waals surface area contributed by atoms with Crippen molar-refractivity contribution in [3.8, 4) is 5.75 Å². The molecule has 0 bridgehead atoms. The second-order valence-corrected chi connectivity index (χ2v) is 5.54. The number of aromatic nitrogens is 1. The Kier molecular flexibility index (Phi) is 4.50. The highest BCUT2D eigenvalue weighted by Gasteiger charge is 2.13. The molecule has 1 unspecified atom stereocenters. The lowest BCUT2D eigenvalue weighted by atomic mass is 9.87. The number of hydrogen-bond acceptors (Lipinski definition) is 2. The van der Waals surface area contributed by atoms with Gasteiger partial charge < -0.3 is 5.11 Å². The van der Waals surface area contributed by atoms with Crippen molar-refractivity contribution in [2.45, 2.75) is 18.8 Å². The number of benzene rings is 2. The van der Waals surface area contributed by atoms with Crippen molar-refractivity contribution in [2.24, 2.45) is 0 Å². The molecule has 0 radical (unpaired) electrons. The van der Waals surface area contributed by atoms with Crippen molar-refractivity contribution in [2.75, 3.05) is 0 Å². The summed E-state index contributed by atoms with van der Waals surface area (Å²) >= 11 is 0. The lowest BCUT2D eigenvalue weighted by Gasteiger charge is -2.18. The van der Waals surface area contributed by atoms with E-state index in [0.717, 1.165) is 12.8 Å². The Morgan fingerprint density at radius 1 is 0.773 bits per heavy atom. The highest BCUT2D eigenvalue weighted by molar-refractivity contribution is 5.30. The molecule has 0 saturated carbocycles. The minimum Gasteiger partial charge on any atom is -0.508 e. The summed E-state index contributed by atoms with van der Waals surface area (Å²) in [4.78, 5) is 4.22. The van der Waals surface area contributed by atoms with E-state index in [1.165, 1.54) is 16.7 Å². The Morgan fingerprint density at radius 2 is 1.50 bits per heavy atom. The van der Waals surface area contributed by atoms with Gasteiger partial charge in [0, 0.05) is 12.4 Å². The number of nitrogens with zero attached hydrogens (tertiary/aromatic N) is 1. The standard InChI is InChI=1S/C20H19NO/c22-20-10-8-16(9-11-20)13-19(18-6-2-1-3-7-18)14-17-5-4-12-21-15-17/h1-12,15,19,22H,13-14H2. The Bertz CT molecular complexity index is 693. The number of pyridine rings is 1. The fourth-order valence-corrected chi connectivity index (χ4v) is 2.75. The first kappa shape index (κ1) is 14.3. The van der Waals surface area contributed by atoms with Crippen molar-refractivity contribution in [1.29, 1.82) is 0 Å². The lowest BCUT2D eigenvalue weighted by Crippen LogP contribution is -2.07. The van der Waals surface area contributed by atoms with Gasteiger partial charge in [-0.2, -0.15) is 0 Å². The molecule has 0 aliphatic heterocycles. The maximum Gasteiger partial charge on any atom is 0.115 e. The second-order valence-electron chi connectivity index (χ2n) is 5.54. The SMILES string of the molecule is Oc1ccc(CC(Cc2cccnc2)c2ccccc2)cc1. The third-order valence-electron chi connectivity index (χ3n) is 3.89. The van der Waals surface area contributed by atoms with Gasteiger partial charge in [-0.3, -0.25) is 4.98 Å². The van der Waals surface area contributed by atoms with E-state index in [1.54, 1.807) is 18.3 Å². The van der Waals surface area contributed by atoms with E-state index in [9.17, 15) is 5.11 Å². The van der Waals surface area contributed by atoms with E-state index >= 15 is 0 Å². The average molecular weight is 289 g/mol. The summed E-state index contributed by atoms with van der Waals surface area (Å²) in [6.07, 6.45) is 5.64. The van der Waals surface area contributed by atoms with Crippen LogP contribution in [0, 0.1) is 0 Å². The molecule has 3 aromatic rings. The van der Waals surface area contributed by atoms with Gasteiger partial charge in [-0.25, -0.2) is 0 Å². The summed E-state index contributed by atoms with van der Waals surface area (Å²) < 4.78 is 0. The van der Waals surface area contributed by atoms with Crippen molar-refractivity contribution < 1.29 is 5.11 Å². The summed E-state index contributed by atoms with van der Waals surface area (Å²) in [5.74, 6) is 0.710. The first-order chi connectivity index (χ1) is 10.8. The fraction of sp³-hybridized carbons (Fsp3) is 0.150. The van der Waals surface area contributed by atoms with Gasteiger partial charge in [0.1, 0.15) is 5.75 Å². The third kappa shape index (κ3) is 3.73. The number of hydrogen-bond donors (Lipinski definition) is 1. The van der Waals surface area contributed by atoms with Crippen LogP contribution in [0.25, 0.3) is 0 Å². The molecule has 0 spiro atoms. The molecule has 0 aliphatic rings. The molecule has 22 heavy (non-hydrogen) atoms. The van der Waals surface area contributed by atoms with Crippen LogP contribution in [0.2, 0.25) is 0 Å². The van der Waals surface area contributed by atoms with Crippen LogP contribution in [0.15, 0.2) is 79.1 Å². The Balaban J connectivity index is 1.84. The fourth-order valence-electron chi connectivity index (χ4n) is 2.75. The minimum absolute atomic E-state index is 0.312. The summed E-state index contributed by atoms with van der Waals surface area (Å²) in [5, 5.41) is 9.43. The maximum atomic E-state index is 9.43. The molecular weight excluding hydrogens is 270 g/mol. The number of aromatic hydroxyl groups is 1. The van der Waals surface area contributed by atoms with Crippen LogP contribution < -0.4 is 0 Å². The van der Waals surface area contributed by atoms with Gasteiger partial charge in [0.2, 0.25) is 0 Å². The molecule has 1 atom stereocenters. The molecule has 110 valence electrons. The number of phenols is 1. The maximum absolute atomic E-state index is 9.43. The number of rotatable bonds is 5. The summed E-state index contributed by atoms with van der Waals surface area (Å²) in [6, 6.07) is 22.2. The van der Waals surface area contributed by atoms with Crippen LogP contribution in [0.4, 0.5) is 0 Å². The first-order valence-electron chi connectivity index (χ1n) is 7.53. The first-order valence-corrected chi connectivity index (χ1v) is 7.53. The minimum atomic E-state index is 0.312. The van der Waals surface area contributed by atoms with Crippen LogP contribution in [0.1, 0.15) is 22.6 Å². The van der Waals surface area contributed by atoms with Gasteiger partial charge >= 0.3 is 0 Å². The van der Waals surface area contributed by atoms with Gasteiger partial charge in [0.25, 0.3) is 0 Å². The van der Waals surface area contributed by atoms with E-state index in [-0.39, 0.29) is 0 Å². The monoisotopic (exact) mass is 289 g/mol. The van der Waals surface area contributed by atoms with Crippen molar-refractivity contribution in [1.82, 2.24) is 4.98 Å². The highest BCUT2D eigenvalue weighted by Crippen LogP contribution is 2.25. The molecule has 0 amide bonds. The predicted octanol–water partition coefficient (Wildman–Crippen LogP) is 4.36. The molecule has 0 fully saturated rings.